The molecule has 0 saturated heterocycles. The van der Waals surface area contributed by atoms with Gasteiger partial charge in [-0.2, -0.15) is 0 Å². The zero-order chi connectivity index (χ0) is 9.52. The van der Waals surface area contributed by atoms with E-state index in [-0.39, 0.29) is 6.61 Å². The van der Waals surface area contributed by atoms with E-state index in [4.69, 9.17) is 5.11 Å². The van der Waals surface area contributed by atoms with Gasteiger partial charge in [0.15, 0.2) is 0 Å². The largest absolute Gasteiger partial charge is 0.396 e. The van der Waals surface area contributed by atoms with Gasteiger partial charge in [0.2, 0.25) is 0 Å². The first-order valence-electron chi connectivity index (χ1n) is 5.05. The molecule has 0 amide bonds. The number of unbranched alkanes of at least 4 members (excludes halogenated alkanes) is 1. The maximum atomic E-state index is 8.79. The van der Waals surface area contributed by atoms with Crippen LogP contribution in [0.4, 0.5) is 0 Å². The van der Waals surface area contributed by atoms with E-state index in [1.54, 1.807) is 0 Å². The molecule has 0 unspecified atom stereocenters. The quantitative estimate of drug-likeness (QED) is 0.734. The molecule has 1 nitrogen and oxygen atoms in total. The lowest BCUT2D eigenvalue weighted by Gasteiger charge is -2.02. The summed E-state index contributed by atoms with van der Waals surface area (Å²) in [6.45, 7) is 2.45. The van der Waals surface area contributed by atoms with Crippen molar-refractivity contribution >= 4 is 0 Å². The van der Waals surface area contributed by atoms with Crippen LogP contribution in [0.25, 0.3) is 0 Å². The number of rotatable bonds is 5. The second kappa shape index (κ2) is 5.76. The van der Waals surface area contributed by atoms with E-state index in [9.17, 15) is 0 Å². The molecule has 0 atom stereocenters. The Kier molecular flexibility index (Phi) is 4.55. The number of benzene rings is 1. The van der Waals surface area contributed by atoms with Crippen molar-refractivity contribution in [1.82, 2.24) is 0 Å². The minimum absolute atomic E-state index is 0.247. The van der Waals surface area contributed by atoms with Gasteiger partial charge in [-0.3, -0.25) is 0 Å². The highest BCUT2D eigenvalue weighted by Gasteiger charge is 1.95. The molecule has 0 bridgehead atoms. The SMILES string of the molecule is CCCCc1cccc(CCO)c1. The highest BCUT2D eigenvalue weighted by molar-refractivity contribution is 5.23. The summed E-state index contributed by atoms with van der Waals surface area (Å²) in [7, 11) is 0. The predicted molar refractivity (Wildman–Crippen MR) is 55.8 cm³/mol. The molecule has 0 aliphatic heterocycles. The van der Waals surface area contributed by atoms with E-state index in [2.05, 4.69) is 31.2 Å². The van der Waals surface area contributed by atoms with Crippen LogP contribution in [0, 0.1) is 0 Å². The maximum absolute atomic E-state index is 8.79. The molecular weight excluding hydrogens is 160 g/mol. The fraction of sp³-hybridized carbons (Fsp3) is 0.500. The first-order valence-corrected chi connectivity index (χ1v) is 5.05. The van der Waals surface area contributed by atoms with Crippen LogP contribution in [-0.2, 0) is 12.8 Å². The van der Waals surface area contributed by atoms with Crippen LogP contribution >= 0.6 is 0 Å². The molecule has 0 aliphatic rings. The van der Waals surface area contributed by atoms with Gasteiger partial charge >= 0.3 is 0 Å². The lowest BCUT2D eigenvalue weighted by Crippen LogP contribution is -1.92. The molecule has 1 aromatic rings. The first-order chi connectivity index (χ1) is 6.36. The molecule has 0 aromatic heterocycles. The van der Waals surface area contributed by atoms with E-state index in [1.165, 1.54) is 24.0 Å². The minimum Gasteiger partial charge on any atom is -0.396 e. The Bertz CT molecular complexity index is 243. The van der Waals surface area contributed by atoms with Crippen LogP contribution in [0.1, 0.15) is 30.9 Å². The second-order valence-corrected chi connectivity index (χ2v) is 3.40. The molecule has 0 heterocycles. The fourth-order valence-corrected chi connectivity index (χ4v) is 1.45. The molecule has 1 heteroatoms. The van der Waals surface area contributed by atoms with Gasteiger partial charge in [0.1, 0.15) is 0 Å². The summed E-state index contributed by atoms with van der Waals surface area (Å²) in [6.07, 6.45) is 4.43. The van der Waals surface area contributed by atoms with Crippen molar-refractivity contribution in [2.75, 3.05) is 6.61 Å². The van der Waals surface area contributed by atoms with Gasteiger partial charge in [0.25, 0.3) is 0 Å². The monoisotopic (exact) mass is 178 g/mol. The zero-order valence-corrected chi connectivity index (χ0v) is 8.29. The van der Waals surface area contributed by atoms with Crippen molar-refractivity contribution in [3.8, 4) is 0 Å². The highest BCUT2D eigenvalue weighted by atomic mass is 16.2. The highest BCUT2D eigenvalue weighted by Crippen LogP contribution is 2.08. The first kappa shape index (κ1) is 10.3. The summed E-state index contributed by atoms with van der Waals surface area (Å²) in [6, 6.07) is 8.52. The van der Waals surface area contributed by atoms with Gasteiger partial charge in [-0.05, 0) is 30.4 Å². The summed E-state index contributed by atoms with van der Waals surface area (Å²) in [5.41, 5.74) is 2.64. The van der Waals surface area contributed by atoms with Crippen molar-refractivity contribution in [2.45, 2.75) is 32.6 Å². The molecule has 0 saturated carbocycles. The smallest absolute Gasteiger partial charge is 0.0471 e. The molecule has 0 radical (unpaired) electrons. The van der Waals surface area contributed by atoms with Crippen LogP contribution < -0.4 is 0 Å². The molecule has 0 spiro atoms. The van der Waals surface area contributed by atoms with Gasteiger partial charge in [0.05, 0.1) is 0 Å². The Hall–Kier alpha value is -0.820. The molecule has 1 N–H and O–H groups in total. The molecule has 72 valence electrons. The fourth-order valence-electron chi connectivity index (χ4n) is 1.45. The van der Waals surface area contributed by atoms with Crippen LogP contribution in [-0.4, -0.2) is 11.7 Å². The molecule has 0 aliphatic carbocycles. The number of hydrogen-bond acceptors (Lipinski definition) is 1. The molecular formula is C12H18O. The number of hydrogen-bond donors (Lipinski definition) is 1. The standard InChI is InChI=1S/C12H18O/c1-2-3-5-11-6-4-7-12(10-11)8-9-13/h4,6-7,10,13H,2-3,5,8-9H2,1H3. The maximum Gasteiger partial charge on any atom is 0.0471 e. The number of aryl methyl sites for hydroxylation is 1. The average Bonchev–Trinajstić information content (AvgIpc) is 2.16. The third-order valence-corrected chi connectivity index (χ3v) is 2.21. The Morgan fingerprint density at radius 1 is 1.15 bits per heavy atom. The van der Waals surface area contributed by atoms with E-state index in [0.29, 0.717) is 0 Å². The Morgan fingerprint density at radius 2 is 1.85 bits per heavy atom. The normalized spacial score (nSPS) is 10.3. The van der Waals surface area contributed by atoms with E-state index < -0.39 is 0 Å². The third-order valence-electron chi connectivity index (χ3n) is 2.21. The van der Waals surface area contributed by atoms with Crippen LogP contribution in [0.5, 0.6) is 0 Å². The molecule has 1 aromatic carbocycles. The van der Waals surface area contributed by atoms with Crippen LogP contribution in [0.3, 0.4) is 0 Å². The molecule has 0 fully saturated rings. The average molecular weight is 178 g/mol. The van der Waals surface area contributed by atoms with Gasteiger partial charge in [-0.25, -0.2) is 0 Å². The third kappa shape index (κ3) is 3.60. The minimum atomic E-state index is 0.247. The van der Waals surface area contributed by atoms with Crippen molar-refractivity contribution in [1.29, 1.82) is 0 Å². The lowest BCUT2D eigenvalue weighted by molar-refractivity contribution is 0.299. The van der Waals surface area contributed by atoms with E-state index in [0.717, 1.165) is 12.8 Å². The van der Waals surface area contributed by atoms with Crippen molar-refractivity contribution in [3.05, 3.63) is 35.4 Å². The zero-order valence-electron chi connectivity index (χ0n) is 8.29. The van der Waals surface area contributed by atoms with Gasteiger partial charge in [-0.15, -0.1) is 0 Å². The molecule has 13 heavy (non-hydrogen) atoms. The topological polar surface area (TPSA) is 20.2 Å². The summed E-state index contributed by atoms with van der Waals surface area (Å²) in [5, 5.41) is 8.79. The predicted octanol–water partition coefficient (Wildman–Crippen LogP) is 2.56. The summed E-state index contributed by atoms with van der Waals surface area (Å²) >= 11 is 0. The van der Waals surface area contributed by atoms with Crippen LogP contribution in [0.15, 0.2) is 24.3 Å². The Morgan fingerprint density at radius 3 is 2.46 bits per heavy atom. The van der Waals surface area contributed by atoms with E-state index in [1.807, 2.05) is 0 Å². The van der Waals surface area contributed by atoms with E-state index >= 15 is 0 Å². The summed E-state index contributed by atoms with van der Waals surface area (Å²) in [5.74, 6) is 0. The lowest BCUT2D eigenvalue weighted by atomic mass is 10.0. The molecule has 1 rings (SSSR count). The summed E-state index contributed by atoms with van der Waals surface area (Å²) < 4.78 is 0. The van der Waals surface area contributed by atoms with Crippen LogP contribution in [0.2, 0.25) is 0 Å². The number of aliphatic hydroxyl groups is 1. The van der Waals surface area contributed by atoms with Gasteiger partial charge < -0.3 is 5.11 Å². The van der Waals surface area contributed by atoms with Crippen molar-refractivity contribution in [2.24, 2.45) is 0 Å². The second-order valence-electron chi connectivity index (χ2n) is 3.40. The Balaban J connectivity index is 2.56. The Labute approximate surface area is 80.4 Å². The van der Waals surface area contributed by atoms with Gasteiger partial charge in [-0.1, -0.05) is 37.6 Å². The van der Waals surface area contributed by atoms with Crippen molar-refractivity contribution in [3.63, 3.8) is 0 Å². The van der Waals surface area contributed by atoms with Crippen molar-refractivity contribution < 1.29 is 5.11 Å². The number of aliphatic hydroxyl groups excluding tert-OH is 1. The summed E-state index contributed by atoms with van der Waals surface area (Å²) in [4.78, 5) is 0. The van der Waals surface area contributed by atoms with Gasteiger partial charge in [0, 0.05) is 6.61 Å².